The molecule has 0 saturated carbocycles. The Bertz CT molecular complexity index is 439. The number of benzene rings is 1. The molecule has 0 aromatic heterocycles. The zero-order chi connectivity index (χ0) is 10.8. The van der Waals surface area contributed by atoms with E-state index in [1.165, 1.54) is 24.1 Å². The third kappa shape index (κ3) is 1.87. The van der Waals surface area contributed by atoms with Gasteiger partial charge in [-0.1, -0.05) is 6.58 Å². The number of nitro groups is 1. The third-order valence-electron chi connectivity index (χ3n) is 1.98. The fourth-order valence-electron chi connectivity index (χ4n) is 1.24. The van der Waals surface area contributed by atoms with Gasteiger partial charge in [0, 0.05) is 17.8 Å². The smallest absolute Gasteiger partial charge is 0.269 e. The Labute approximate surface area is 91.2 Å². The van der Waals surface area contributed by atoms with E-state index in [9.17, 15) is 10.1 Å². The second kappa shape index (κ2) is 3.78. The number of allylic oxidation sites excluding steroid dienone is 1. The van der Waals surface area contributed by atoms with Gasteiger partial charge in [0.15, 0.2) is 0 Å². The fourth-order valence-corrected chi connectivity index (χ4v) is 2.02. The Kier molecular flexibility index (Phi) is 2.47. The van der Waals surface area contributed by atoms with Crippen molar-refractivity contribution in [3.63, 3.8) is 0 Å². The van der Waals surface area contributed by atoms with Gasteiger partial charge in [0.25, 0.3) is 5.69 Å². The summed E-state index contributed by atoms with van der Waals surface area (Å²) in [6.07, 6.45) is 1.89. The number of rotatable bonds is 2. The van der Waals surface area contributed by atoms with E-state index < -0.39 is 4.92 Å². The van der Waals surface area contributed by atoms with Crippen molar-refractivity contribution in [1.82, 2.24) is 0 Å². The average molecular weight is 220 g/mol. The first kappa shape index (κ1) is 9.79. The summed E-state index contributed by atoms with van der Waals surface area (Å²) in [5.74, 6) is 0. The molecule has 0 saturated heterocycles. The van der Waals surface area contributed by atoms with Crippen molar-refractivity contribution in [3.05, 3.63) is 58.1 Å². The molecule has 1 aromatic rings. The molecule has 0 amide bonds. The van der Waals surface area contributed by atoms with Crippen LogP contribution in [0.3, 0.4) is 0 Å². The summed E-state index contributed by atoms with van der Waals surface area (Å²) in [7, 11) is 0. The summed E-state index contributed by atoms with van der Waals surface area (Å²) in [4.78, 5) is 10.0. The predicted octanol–water partition coefficient (Wildman–Crippen LogP) is 3.09. The Morgan fingerprint density at radius 3 is 2.47 bits per heavy atom. The monoisotopic (exact) mass is 220 g/mol. The maximum absolute atomic E-state index is 10.5. The minimum Gasteiger partial charge on any atom is -0.281 e. The van der Waals surface area contributed by atoms with E-state index in [1.807, 2.05) is 15.8 Å². The second-order valence-corrected chi connectivity index (χ2v) is 3.82. The van der Waals surface area contributed by atoms with E-state index in [0.29, 0.717) is 0 Å². The quantitative estimate of drug-likeness (QED) is 0.436. The van der Waals surface area contributed by atoms with Crippen molar-refractivity contribution in [2.45, 2.75) is 0 Å². The van der Waals surface area contributed by atoms with Crippen LogP contribution in [-0.2, 0) is 0 Å². The summed E-state index contributed by atoms with van der Waals surface area (Å²) in [5, 5.41) is 12.4. The molecule has 1 aliphatic heterocycles. The summed E-state index contributed by atoms with van der Waals surface area (Å²) in [5.41, 5.74) is 1.86. The van der Waals surface area contributed by atoms with Gasteiger partial charge in [-0.3, -0.25) is 14.4 Å². The van der Waals surface area contributed by atoms with Crippen molar-refractivity contribution >= 4 is 23.3 Å². The molecular formula is C10H8N2O2S. The van der Waals surface area contributed by atoms with Gasteiger partial charge in [0.2, 0.25) is 0 Å². The molecule has 4 nitrogen and oxygen atoms in total. The minimum atomic E-state index is -0.409. The van der Waals surface area contributed by atoms with Crippen molar-refractivity contribution < 1.29 is 4.92 Å². The number of non-ortho nitro benzene ring substituents is 1. The minimum absolute atomic E-state index is 0.0986. The molecule has 1 heterocycles. The molecule has 15 heavy (non-hydrogen) atoms. The molecule has 0 atom stereocenters. The lowest BCUT2D eigenvalue weighted by molar-refractivity contribution is -0.384. The first-order chi connectivity index (χ1) is 7.18. The largest absolute Gasteiger partial charge is 0.281 e. The third-order valence-corrected chi connectivity index (χ3v) is 2.90. The lowest BCUT2D eigenvalue weighted by atomic mass is 10.3. The lowest BCUT2D eigenvalue weighted by Crippen LogP contribution is -2.06. The molecule has 0 bridgehead atoms. The molecule has 0 radical (unpaired) electrons. The van der Waals surface area contributed by atoms with Gasteiger partial charge in [0.1, 0.15) is 0 Å². The summed E-state index contributed by atoms with van der Waals surface area (Å²) >= 11 is 1.50. The Balaban J connectivity index is 2.24. The molecule has 0 aliphatic carbocycles. The molecule has 2 rings (SSSR count). The molecular weight excluding hydrogens is 212 g/mol. The molecule has 0 fully saturated rings. The van der Waals surface area contributed by atoms with Crippen molar-refractivity contribution in [1.29, 1.82) is 0 Å². The van der Waals surface area contributed by atoms with E-state index in [4.69, 9.17) is 0 Å². The highest BCUT2D eigenvalue weighted by molar-refractivity contribution is 8.03. The van der Waals surface area contributed by atoms with Crippen molar-refractivity contribution in [2.75, 3.05) is 4.31 Å². The molecule has 1 aromatic carbocycles. The average Bonchev–Trinajstić information content (AvgIpc) is 2.65. The van der Waals surface area contributed by atoms with Crippen LogP contribution in [0.15, 0.2) is 48.0 Å². The van der Waals surface area contributed by atoms with Gasteiger partial charge >= 0.3 is 0 Å². The number of nitrogens with zero attached hydrogens (tertiary/aromatic N) is 2. The standard InChI is InChI=1S/C10H8N2O2S/c1-8-6-7-15-11(8)9-2-4-10(5-3-9)12(13)14/h2-7H,1H2. The normalized spacial score (nSPS) is 14.7. The molecule has 1 aliphatic rings. The maximum Gasteiger partial charge on any atom is 0.269 e. The van der Waals surface area contributed by atoms with Crippen LogP contribution in [0.1, 0.15) is 0 Å². The Hall–Kier alpha value is -1.75. The van der Waals surface area contributed by atoms with Gasteiger partial charge in [0.05, 0.1) is 10.6 Å². The highest BCUT2D eigenvalue weighted by Crippen LogP contribution is 2.33. The zero-order valence-corrected chi connectivity index (χ0v) is 8.61. The first-order valence-corrected chi connectivity index (χ1v) is 5.09. The Morgan fingerprint density at radius 1 is 1.33 bits per heavy atom. The van der Waals surface area contributed by atoms with Gasteiger partial charge in [-0.2, -0.15) is 0 Å². The van der Waals surface area contributed by atoms with Crippen LogP contribution in [0.5, 0.6) is 0 Å². The van der Waals surface area contributed by atoms with E-state index in [-0.39, 0.29) is 5.69 Å². The van der Waals surface area contributed by atoms with E-state index in [0.717, 1.165) is 11.4 Å². The number of anilines is 1. The highest BCUT2D eigenvalue weighted by atomic mass is 32.2. The van der Waals surface area contributed by atoms with Gasteiger partial charge < -0.3 is 0 Å². The second-order valence-electron chi connectivity index (χ2n) is 2.97. The van der Waals surface area contributed by atoms with E-state index in [1.54, 1.807) is 12.1 Å². The van der Waals surface area contributed by atoms with Crippen LogP contribution in [0, 0.1) is 10.1 Å². The Morgan fingerprint density at radius 2 is 2.00 bits per heavy atom. The number of hydrogen-bond acceptors (Lipinski definition) is 4. The highest BCUT2D eigenvalue weighted by Gasteiger charge is 2.14. The zero-order valence-electron chi connectivity index (χ0n) is 7.79. The van der Waals surface area contributed by atoms with E-state index in [2.05, 4.69) is 6.58 Å². The number of hydrogen-bond donors (Lipinski definition) is 0. The van der Waals surface area contributed by atoms with Crippen molar-refractivity contribution in [3.8, 4) is 0 Å². The van der Waals surface area contributed by atoms with Crippen molar-refractivity contribution in [2.24, 2.45) is 0 Å². The first-order valence-electron chi connectivity index (χ1n) is 4.25. The van der Waals surface area contributed by atoms with Crippen LogP contribution in [0.25, 0.3) is 0 Å². The molecule has 76 valence electrons. The van der Waals surface area contributed by atoms with Gasteiger partial charge in [-0.25, -0.2) is 0 Å². The van der Waals surface area contributed by atoms with Gasteiger partial charge in [-0.15, -0.1) is 0 Å². The lowest BCUT2D eigenvalue weighted by Gasteiger charge is -2.16. The summed E-state index contributed by atoms with van der Waals surface area (Å²) in [6.45, 7) is 3.85. The summed E-state index contributed by atoms with van der Waals surface area (Å²) < 4.78 is 1.91. The number of nitro benzene ring substituents is 1. The molecule has 0 N–H and O–H groups in total. The molecule has 0 unspecified atom stereocenters. The fraction of sp³-hybridized carbons (Fsp3) is 0. The van der Waals surface area contributed by atoms with Crippen LogP contribution >= 0.6 is 11.9 Å². The van der Waals surface area contributed by atoms with E-state index >= 15 is 0 Å². The van der Waals surface area contributed by atoms with Crippen LogP contribution < -0.4 is 4.31 Å². The topological polar surface area (TPSA) is 46.4 Å². The van der Waals surface area contributed by atoms with Crippen LogP contribution in [0.2, 0.25) is 0 Å². The molecule has 0 spiro atoms. The summed E-state index contributed by atoms with van der Waals surface area (Å²) in [6, 6.07) is 6.40. The van der Waals surface area contributed by atoms with Gasteiger partial charge in [-0.05, 0) is 35.6 Å². The SMILES string of the molecule is C=C1C=CSN1c1ccc([N+](=O)[O-])cc1. The molecule has 5 heteroatoms. The predicted molar refractivity (Wildman–Crippen MR) is 61.4 cm³/mol. The van der Waals surface area contributed by atoms with Crippen LogP contribution in [-0.4, -0.2) is 4.92 Å². The van der Waals surface area contributed by atoms with Crippen LogP contribution in [0.4, 0.5) is 11.4 Å². The maximum atomic E-state index is 10.5.